The zero-order valence-electron chi connectivity index (χ0n) is 18.3. The van der Waals surface area contributed by atoms with Crippen molar-refractivity contribution in [3.63, 3.8) is 0 Å². The van der Waals surface area contributed by atoms with Gasteiger partial charge in [0.25, 0.3) is 0 Å². The minimum absolute atomic E-state index is 0.145. The Morgan fingerprint density at radius 1 is 0.903 bits per heavy atom. The summed E-state index contributed by atoms with van der Waals surface area (Å²) in [6.07, 6.45) is 9.60. The quantitative estimate of drug-likeness (QED) is 0.697. The van der Waals surface area contributed by atoms with E-state index < -0.39 is 10.0 Å². The predicted molar refractivity (Wildman–Crippen MR) is 118 cm³/mol. The second kappa shape index (κ2) is 8.83. The molecule has 0 radical (unpaired) electrons. The molecule has 170 valence electrons. The van der Waals surface area contributed by atoms with Gasteiger partial charge in [-0.15, -0.1) is 0 Å². The van der Waals surface area contributed by atoms with Gasteiger partial charge < -0.3 is 9.64 Å². The number of nitrogens with zero attached hydrogens (tertiary/aromatic N) is 2. The first kappa shape index (κ1) is 21.4. The highest BCUT2D eigenvalue weighted by atomic mass is 32.2. The van der Waals surface area contributed by atoms with Crippen molar-refractivity contribution in [3.8, 4) is 0 Å². The van der Waals surface area contributed by atoms with E-state index in [2.05, 4.69) is 4.90 Å². The van der Waals surface area contributed by atoms with Crippen molar-refractivity contribution < 1.29 is 17.9 Å². The number of hydrogen-bond donors (Lipinski definition) is 0. The van der Waals surface area contributed by atoms with Crippen LogP contribution in [0.15, 0.2) is 23.1 Å². The summed E-state index contributed by atoms with van der Waals surface area (Å²) in [6.45, 7) is 2.40. The summed E-state index contributed by atoms with van der Waals surface area (Å²) in [6, 6.07) is 6.09. The molecule has 2 aliphatic carbocycles. The Balaban J connectivity index is 1.28. The topological polar surface area (TPSA) is 66.9 Å². The molecule has 0 N–H and O–H groups in total. The van der Waals surface area contributed by atoms with Crippen LogP contribution in [0, 0.1) is 5.92 Å². The summed E-state index contributed by atoms with van der Waals surface area (Å²) in [7, 11) is -3.48. The minimum atomic E-state index is -3.48. The van der Waals surface area contributed by atoms with E-state index in [9.17, 15) is 13.2 Å². The van der Waals surface area contributed by atoms with E-state index in [-0.39, 0.29) is 18.0 Å². The molecule has 0 spiro atoms. The maximum absolute atomic E-state index is 13.3. The zero-order valence-corrected chi connectivity index (χ0v) is 19.1. The van der Waals surface area contributed by atoms with Gasteiger partial charge in [0.05, 0.1) is 4.90 Å². The van der Waals surface area contributed by atoms with Crippen LogP contribution in [-0.2, 0) is 32.4 Å². The van der Waals surface area contributed by atoms with E-state index in [1.165, 1.54) is 17.5 Å². The number of carbonyl (C=O) groups is 1. The molecule has 0 aromatic heterocycles. The van der Waals surface area contributed by atoms with Crippen molar-refractivity contribution in [1.29, 1.82) is 0 Å². The molecule has 5 rings (SSSR count). The molecular formula is C24H34N2O4S. The van der Waals surface area contributed by atoms with Crippen molar-refractivity contribution in [2.24, 2.45) is 5.92 Å². The molecule has 6 nitrogen and oxygen atoms in total. The van der Waals surface area contributed by atoms with Crippen LogP contribution in [0.1, 0.15) is 62.5 Å². The minimum Gasteiger partial charge on any atom is -0.381 e. The lowest BCUT2D eigenvalue weighted by atomic mass is 9.92. The van der Waals surface area contributed by atoms with Crippen LogP contribution in [0.2, 0.25) is 0 Å². The fourth-order valence-electron chi connectivity index (χ4n) is 5.54. The van der Waals surface area contributed by atoms with Crippen molar-refractivity contribution in [2.45, 2.75) is 81.2 Å². The van der Waals surface area contributed by atoms with E-state index in [1.807, 2.05) is 12.1 Å². The number of benzene rings is 1. The van der Waals surface area contributed by atoms with Gasteiger partial charge in [-0.1, -0.05) is 6.07 Å². The molecule has 2 saturated heterocycles. The normalized spacial score (nSPS) is 24.0. The van der Waals surface area contributed by atoms with Gasteiger partial charge in [0, 0.05) is 44.3 Å². The molecule has 0 bridgehead atoms. The Morgan fingerprint density at radius 3 is 2.23 bits per heavy atom. The van der Waals surface area contributed by atoms with Crippen LogP contribution in [0.4, 0.5) is 0 Å². The molecule has 1 amide bonds. The van der Waals surface area contributed by atoms with E-state index in [0.29, 0.717) is 37.1 Å². The molecule has 3 fully saturated rings. The molecule has 2 aliphatic heterocycles. The van der Waals surface area contributed by atoms with Crippen LogP contribution < -0.4 is 0 Å². The Hall–Kier alpha value is -1.44. The zero-order chi connectivity index (χ0) is 21.4. The molecule has 1 aromatic carbocycles. The number of sulfonamides is 1. The SMILES string of the molecule is O=C(C1CC1)N(C1CCOCC1)C1CCN(S(=O)(=O)c2ccc3c(c2)CCCC3)CC1. The van der Waals surface area contributed by atoms with Crippen molar-refractivity contribution in [2.75, 3.05) is 26.3 Å². The molecule has 0 atom stereocenters. The lowest BCUT2D eigenvalue weighted by molar-refractivity contribution is -0.141. The molecule has 4 aliphatic rings. The molecule has 0 unspecified atom stereocenters. The average molecular weight is 447 g/mol. The molecule has 2 heterocycles. The fourth-order valence-corrected chi connectivity index (χ4v) is 7.06. The van der Waals surface area contributed by atoms with Gasteiger partial charge in [-0.05, 0) is 87.5 Å². The number of amides is 1. The molecule has 1 aromatic rings. The molecular weight excluding hydrogens is 412 g/mol. The lowest BCUT2D eigenvalue weighted by Crippen LogP contribution is -2.54. The van der Waals surface area contributed by atoms with Gasteiger partial charge in [-0.3, -0.25) is 4.79 Å². The Morgan fingerprint density at radius 2 is 1.55 bits per heavy atom. The second-order valence-corrected chi connectivity index (χ2v) is 11.6. The Labute approximate surface area is 186 Å². The number of piperidine rings is 1. The van der Waals surface area contributed by atoms with Gasteiger partial charge in [0.1, 0.15) is 0 Å². The summed E-state index contributed by atoms with van der Waals surface area (Å²) in [5.41, 5.74) is 2.50. The van der Waals surface area contributed by atoms with Crippen molar-refractivity contribution >= 4 is 15.9 Å². The van der Waals surface area contributed by atoms with Gasteiger partial charge in [-0.2, -0.15) is 4.31 Å². The van der Waals surface area contributed by atoms with Crippen molar-refractivity contribution in [1.82, 2.24) is 9.21 Å². The highest BCUT2D eigenvalue weighted by Crippen LogP contribution is 2.36. The standard InChI is InChI=1S/C24H34N2O4S/c27-24(19-5-6-19)26(22-11-15-30-16-12-22)21-9-13-25(14-10-21)31(28,29)23-8-7-18-3-1-2-4-20(18)17-23/h7-8,17,19,21-22H,1-6,9-16H2. The first-order valence-corrected chi connectivity index (χ1v) is 13.5. The number of hydrogen-bond acceptors (Lipinski definition) is 4. The molecule has 7 heteroatoms. The maximum atomic E-state index is 13.3. The van der Waals surface area contributed by atoms with Gasteiger partial charge in [0.2, 0.25) is 15.9 Å². The number of aryl methyl sites for hydroxylation is 2. The Bertz CT molecular complexity index is 914. The van der Waals surface area contributed by atoms with Gasteiger partial charge in [0.15, 0.2) is 0 Å². The largest absolute Gasteiger partial charge is 0.381 e. The first-order chi connectivity index (χ1) is 15.0. The third-order valence-electron chi connectivity index (χ3n) is 7.54. The third kappa shape index (κ3) is 4.41. The van der Waals surface area contributed by atoms with E-state index >= 15 is 0 Å². The van der Waals surface area contributed by atoms with Crippen LogP contribution >= 0.6 is 0 Å². The first-order valence-electron chi connectivity index (χ1n) is 12.1. The third-order valence-corrected chi connectivity index (χ3v) is 9.43. The lowest BCUT2D eigenvalue weighted by Gasteiger charge is -2.43. The second-order valence-electron chi connectivity index (χ2n) is 9.64. The van der Waals surface area contributed by atoms with E-state index in [1.54, 1.807) is 10.4 Å². The van der Waals surface area contributed by atoms with Crippen LogP contribution in [0.5, 0.6) is 0 Å². The number of fused-ring (bicyclic) bond motifs is 1. The summed E-state index contributed by atoms with van der Waals surface area (Å²) >= 11 is 0. The van der Waals surface area contributed by atoms with E-state index in [4.69, 9.17) is 4.74 Å². The number of ether oxygens (including phenoxy) is 1. The number of rotatable bonds is 5. The molecule has 31 heavy (non-hydrogen) atoms. The van der Waals surface area contributed by atoms with Crippen LogP contribution in [0.25, 0.3) is 0 Å². The summed E-state index contributed by atoms with van der Waals surface area (Å²) in [4.78, 5) is 15.7. The van der Waals surface area contributed by atoms with Crippen LogP contribution in [0.3, 0.4) is 0 Å². The smallest absolute Gasteiger partial charge is 0.243 e. The summed E-state index contributed by atoms with van der Waals surface area (Å²) in [5, 5.41) is 0. The Kier molecular flexibility index (Phi) is 6.10. The van der Waals surface area contributed by atoms with Crippen molar-refractivity contribution in [3.05, 3.63) is 29.3 Å². The van der Waals surface area contributed by atoms with Crippen LogP contribution in [-0.4, -0.2) is 61.9 Å². The maximum Gasteiger partial charge on any atom is 0.243 e. The average Bonchev–Trinajstić information content (AvgIpc) is 3.65. The highest BCUT2D eigenvalue weighted by molar-refractivity contribution is 7.89. The highest BCUT2D eigenvalue weighted by Gasteiger charge is 2.42. The molecule has 1 saturated carbocycles. The fraction of sp³-hybridized carbons (Fsp3) is 0.708. The predicted octanol–water partition coefficient (Wildman–Crippen LogP) is 3.14. The summed E-state index contributed by atoms with van der Waals surface area (Å²) in [5.74, 6) is 0.489. The van der Waals surface area contributed by atoms with Gasteiger partial charge in [-0.25, -0.2) is 8.42 Å². The number of carbonyl (C=O) groups excluding carboxylic acids is 1. The monoisotopic (exact) mass is 446 g/mol. The van der Waals surface area contributed by atoms with E-state index in [0.717, 1.165) is 57.8 Å². The van der Waals surface area contributed by atoms with Gasteiger partial charge >= 0.3 is 0 Å². The summed E-state index contributed by atoms with van der Waals surface area (Å²) < 4.78 is 33.8.